The van der Waals surface area contributed by atoms with Crippen LogP contribution in [0.2, 0.25) is 0 Å². The Balaban J connectivity index is 1.48. The summed E-state index contributed by atoms with van der Waals surface area (Å²) in [5, 5.41) is 63.6. The summed E-state index contributed by atoms with van der Waals surface area (Å²) in [6.07, 6.45) is -12.3. The largest absolute Gasteiger partial charge is 0.479 e. The monoisotopic (exact) mass is 752 g/mol. The van der Waals surface area contributed by atoms with E-state index >= 15 is 0 Å². The van der Waals surface area contributed by atoms with Crippen LogP contribution in [0.1, 0.15) is 88.9 Å². The zero-order chi connectivity index (χ0) is 38.4. The molecule has 4 fully saturated rings. The molecule has 2 saturated carbocycles. The molecule has 6 N–H and O–H groups in total. The molecule has 0 bridgehead atoms. The first-order valence-corrected chi connectivity index (χ1v) is 18.9. The highest BCUT2D eigenvalue weighted by molar-refractivity contribution is 5.89. The van der Waals surface area contributed by atoms with E-state index in [1.54, 1.807) is 25.1 Å². The number of carbonyl (C=O) groups is 3. The smallest absolute Gasteiger partial charge is 0.338 e. The molecule has 2 saturated heterocycles. The zero-order valence-corrected chi connectivity index (χ0v) is 30.6. The van der Waals surface area contributed by atoms with Gasteiger partial charge in [-0.1, -0.05) is 64.2 Å². The molecule has 15 heteroatoms. The Morgan fingerprint density at radius 3 is 2.17 bits per heavy atom. The molecule has 2 aliphatic carbocycles. The van der Waals surface area contributed by atoms with Gasteiger partial charge in [-0.2, -0.15) is 0 Å². The summed E-state index contributed by atoms with van der Waals surface area (Å²) in [6.45, 7) is 4.36. The van der Waals surface area contributed by atoms with Crippen molar-refractivity contribution >= 4 is 17.7 Å². The number of aliphatic hydroxyl groups is 5. The van der Waals surface area contributed by atoms with E-state index in [1.807, 2.05) is 6.92 Å². The summed E-state index contributed by atoms with van der Waals surface area (Å²) in [7, 11) is 0. The maximum Gasteiger partial charge on any atom is 0.338 e. The topological polar surface area (TPSA) is 228 Å². The zero-order valence-electron chi connectivity index (χ0n) is 30.6. The third-order valence-electron chi connectivity index (χ3n) is 11.2. The van der Waals surface area contributed by atoms with Crippen molar-refractivity contribution < 1.29 is 73.4 Å². The van der Waals surface area contributed by atoms with Crippen LogP contribution in [0.3, 0.4) is 0 Å². The molecule has 1 aromatic rings. The summed E-state index contributed by atoms with van der Waals surface area (Å²) in [6, 6.07) is 8.01. The van der Waals surface area contributed by atoms with E-state index < -0.39 is 110 Å². The number of aliphatic carboxylic acids is 1. The molecule has 4 aliphatic rings. The fourth-order valence-corrected chi connectivity index (χ4v) is 8.15. The Morgan fingerprint density at radius 1 is 0.830 bits per heavy atom. The Kier molecular flexibility index (Phi) is 14.8. The molecule has 0 amide bonds. The molecule has 2 aliphatic heterocycles. The number of carboxylic acids is 1. The third-order valence-corrected chi connectivity index (χ3v) is 11.2. The van der Waals surface area contributed by atoms with Crippen LogP contribution in [0.4, 0.5) is 0 Å². The predicted molar refractivity (Wildman–Crippen MR) is 184 cm³/mol. The minimum absolute atomic E-state index is 0.0292. The van der Waals surface area contributed by atoms with Crippen LogP contribution in [0.25, 0.3) is 0 Å². The number of carbonyl (C=O) groups excluding carboxylic acids is 2. The molecule has 15 atom stereocenters. The van der Waals surface area contributed by atoms with Crippen molar-refractivity contribution in [1.82, 2.24) is 0 Å². The molecule has 298 valence electrons. The fourth-order valence-electron chi connectivity index (χ4n) is 8.15. The number of esters is 1. The van der Waals surface area contributed by atoms with E-state index in [9.17, 15) is 45.0 Å². The van der Waals surface area contributed by atoms with Gasteiger partial charge in [-0.05, 0) is 50.2 Å². The van der Waals surface area contributed by atoms with Gasteiger partial charge in [-0.3, -0.25) is 4.79 Å². The van der Waals surface area contributed by atoms with E-state index in [1.165, 1.54) is 19.1 Å². The van der Waals surface area contributed by atoms with Crippen molar-refractivity contribution in [3.8, 4) is 0 Å². The first-order chi connectivity index (χ1) is 25.3. The normalized spacial score (nSPS) is 38.9. The van der Waals surface area contributed by atoms with Crippen LogP contribution in [-0.4, -0.2) is 135 Å². The molecule has 0 spiro atoms. The van der Waals surface area contributed by atoms with Gasteiger partial charge in [-0.25, -0.2) is 9.59 Å². The number of rotatable bonds is 14. The highest BCUT2D eigenvalue weighted by Crippen LogP contribution is 2.39. The second-order valence-electron chi connectivity index (χ2n) is 15.0. The molecular weight excluding hydrogens is 696 g/mol. The number of Topliss-reactive ketones (excluding diaryl/α,β-unsaturated/α-hetero) is 1. The number of hydrogen-bond donors (Lipinski definition) is 6. The molecule has 0 aromatic heterocycles. The van der Waals surface area contributed by atoms with Crippen molar-refractivity contribution in [1.29, 1.82) is 0 Å². The summed E-state index contributed by atoms with van der Waals surface area (Å²) >= 11 is 0. The quantitative estimate of drug-likeness (QED) is 0.149. The summed E-state index contributed by atoms with van der Waals surface area (Å²) in [4.78, 5) is 39.2. The highest BCUT2D eigenvalue weighted by atomic mass is 16.7. The van der Waals surface area contributed by atoms with Crippen LogP contribution in [0, 0.1) is 17.8 Å². The van der Waals surface area contributed by atoms with Crippen LogP contribution in [-0.2, 0) is 38.0 Å². The average Bonchev–Trinajstić information content (AvgIpc) is 3.16. The molecule has 5 rings (SSSR count). The van der Waals surface area contributed by atoms with Gasteiger partial charge in [-0.15, -0.1) is 0 Å². The summed E-state index contributed by atoms with van der Waals surface area (Å²) in [5.74, 6) is -2.92. The number of ether oxygens (including phenoxy) is 6. The van der Waals surface area contributed by atoms with E-state index in [4.69, 9.17) is 28.4 Å². The van der Waals surface area contributed by atoms with Gasteiger partial charge in [0.2, 0.25) is 0 Å². The number of aliphatic hydroxyl groups excluding tert-OH is 5. The van der Waals surface area contributed by atoms with Crippen LogP contribution in [0.5, 0.6) is 0 Å². The number of benzene rings is 1. The van der Waals surface area contributed by atoms with E-state index in [0.717, 1.165) is 32.1 Å². The Morgan fingerprint density at radius 2 is 1.53 bits per heavy atom. The summed E-state index contributed by atoms with van der Waals surface area (Å²) in [5.41, 5.74) is 0.153. The number of ketones is 1. The standard InChI is InChI=1S/C38H56O15/c1-4-24(40)23-15-19(2)32(53-37-31(44)30(43)28(41)20(3)48-37)25(17-23)50-38-34(52-36(47)22-13-9-6-10-14-22)33(29(42)27(18-39)51-38)49-26(35(45)46)16-21-11-7-5-8-12-21/h6,9-10,13-14,19-21,23,25-34,37-39,41-44H,4-5,7-8,11-12,15-18H2,1-3H3,(H,45,46)/t19?,20?,23?,25-,26+,27+,28-,29+,30+,31?,32-,33?,34?,37+,38-/m1/s1. The van der Waals surface area contributed by atoms with Crippen molar-refractivity contribution in [2.75, 3.05) is 6.61 Å². The Hall–Kier alpha value is -2.57. The van der Waals surface area contributed by atoms with E-state index in [0.29, 0.717) is 6.42 Å². The molecular formula is C38H56O15. The van der Waals surface area contributed by atoms with Gasteiger partial charge >= 0.3 is 11.9 Å². The second kappa shape index (κ2) is 18.8. The van der Waals surface area contributed by atoms with Gasteiger partial charge in [0.25, 0.3) is 0 Å². The molecule has 1 aromatic carbocycles. The fraction of sp³-hybridized carbons (Fsp3) is 0.763. The van der Waals surface area contributed by atoms with Crippen LogP contribution >= 0.6 is 0 Å². The van der Waals surface area contributed by atoms with Gasteiger partial charge in [0.05, 0.1) is 30.5 Å². The van der Waals surface area contributed by atoms with Gasteiger partial charge in [0.1, 0.15) is 42.4 Å². The minimum atomic E-state index is -1.64. The van der Waals surface area contributed by atoms with Crippen molar-refractivity contribution in [2.45, 2.75) is 158 Å². The lowest BCUT2D eigenvalue weighted by Crippen LogP contribution is -2.64. The molecule has 15 nitrogen and oxygen atoms in total. The number of hydrogen-bond acceptors (Lipinski definition) is 14. The van der Waals surface area contributed by atoms with Crippen molar-refractivity contribution in [3.05, 3.63) is 35.9 Å². The molecule has 2 heterocycles. The Bertz CT molecular complexity index is 1340. The lowest BCUT2D eigenvalue weighted by atomic mass is 9.76. The van der Waals surface area contributed by atoms with Crippen LogP contribution in [0.15, 0.2) is 30.3 Å². The van der Waals surface area contributed by atoms with Gasteiger partial charge in [0, 0.05) is 12.3 Å². The van der Waals surface area contributed by atoms with E-state index in [2.05, 4.69) is 0 Å². The first kappa shape index (κ1) is 41.6. The minimum Gasteiger partial charge on any atom is -0.479 e. The maximum absolute atomic E-state index is 13.6. The maximum atomic E-state index is 13.6. The first-order valence-electron chi connectivity index (χ1n) is 18.9. The van der Waals surface area contributed by atoms with Gasteiger partial charge in [0.15, 0.2) is 24.8 Å². The van der Waals surface area contributed by atoms with Crippen molar-refractivity contribution in [2.24, 2.45) is 17.8 Å². The SMILES string of the molecule is CCC(=O)C1CC(C)[C@@H](O[C@@H]2OC(C)[C@@H](O)[C@H](O)C2O)[C@H](O[C@@H]2O[C@@H](CO)[C@H](O)C(O[C@@H](CC3CCCCC3)C(=O)O)C2OC(=O)c2ccccc2)C1. The highest BCUT2D eigenvalue weighted by Gasteiger charge is 2.53. The Labute approximate surface area is 309 Å². The van der Waals surface area contributed by atoms with E-state index in [-0.39, 0.29) is 36.5 Å². The van der Waals surface area contributed by atoms with Crippen molar-refractivity contribution in [3.63, 3.8) is 0 Å². The van der Waals surface area contributed by atoms with Crippen LogP contribution < -0.4 is 0 Å². The molecule has 0 radical (unpaired) electrons. The molecule has 6 unspecified atom stereocenters. The summed E-state index contributed by atoms with van der Waals surface area (Å²) < 4.78 is 36.8. The third kappa shape index (κ3) is 10.0. The van der Waals surface area contributed by atoms with Gasteiger partial charge < -0.3 is 59.1 Å². The predicted octanol–water partition coefficient (Wildman–Crippen LogP) is 1.72. The lowest BCUT2D eigenvalue weighted by molar-refractivity contribution is -0.349. The molecule has 53 heavy (non-hydrogen) atoms. The number of carboxylic acid groups (broad SMARTS) is 1. The second-order valence-corrected chi connectivity index (χ2v) is 15.0. The lowest BCUT2D eigenvalue weighted by Gasteiger charge is -2.48. The average molecular weight is 753 g/mol.